The normalized spacial score (nSPS) is 18.8. The Bertz CT molecular complexity index is 642. The minimum Gasteiger partial charge on any atom is -0.497 e. The van der Waals surface area contributed by atoms with Crippen LogP contribution in [0.2, 0.25) is 0 Å². The summed E-state index contributed by atoms with van der Waals surface area (Å²) in [6.45, 7) is 9.52. The average molecular weight is 419 g/mol. The molecule has 7 nitrogen and oxygen atoms in total. The number of methoxy groups -OCH3 is 1. The molecule has 0 aromatic heterocycles. The third kappa shape index (κ3) is 7.15. The van der Waals surface area contributed by atoms with Gasteiger partial charge in [-0.05, 0) is 43.4 Å². The van der Waals surface area contributed by atoms with Crippen molar-refractivity contribution in [2.75, 3.05) is 73.3 Å². The van der Waals surface area contributed by atoms with Crippen LogP contribution in [0.1, 0.15) is 31.4 Å². The van der Waals surface area contributed by atoms with Crippen LogP contribution in [0, 0.1) is 5.92 Å². The first-order valence-electron chi connectivity index (χ1n) is 11.2. The van der Waals surface area contributed by atoms with Crippen molar-refractivity contribution in [3.63, 3.8) is 0 Å². The molecule has 1 heterocycles. The van der Waals surface area contributed by atoms with E-state index in [1.165, 1.54) is 18.4 Å². The quantitative estimate of drug-likeness (QED) is 0.338. The second kappa shape index (κ2) is 12.1. The minimum absolute atomic E-state index is 0.216. The maximum atomic E-state index is 5.81. The van der Waals surface area contributed by atoms with E-state index in [0.29, 0.717) is 6.54 Å². The van der Waals surface area contributed by atoms with Gasteiger partial charge in [0.25, 0.3) is 0 Å². The summed E-state index contributed by atoms with van der Waals surface area (Å²) in [5.74, 6) is 2.61. The smallest absolute Gasteiger partial charge is 0.193 e. The summed E-state index contributed by atoms with van der Waals surface area (Å²) >= 11 is 0. The van der Waals surface area contributed by atoms with Crippen LogP contribution in [0.3, 0.4) is 0 Å². The number of guanidine groups is 1. The molecule has 0 spiro atoms. The van der Waals surface area contributed by atoms with Crippen LogP contribution in [0.15, 0.2) is 29.3 Å². The Morgan fingerprint density at radius 1 is 1.27 bits per heavy atom. The number of rotatable bonds is 11. The number of aliphatic imine (C=N–C) groups is 1. The summed E-state index contributed by atoms with van der Waals surface area (Å²) in [5.41, 5.74) is 1.26. The van der Waals surface area contributed by atoms with Crippen LogP contribution < -0.4 is 10.1 Å². The fourth-order valence-electron chi connectivity index (χ4n) is 3.63. The van der Waals surface area contributed by atoms with E-state index in [2.05, 4.69) is 41.2 Å². The predicted molar refractivity (Wildman–Crippen MR) is 120 cm³/mol. The highest BCUT2D eigenvalue weighted by molar-refractivity contribution is 5.79. The van der Waals surface area contributed by atoms with E-state index >= 15 is 0 Å². The zero-order valence-corrected chi connectivity index (χ0v) is 18.8. The highest BCUT2D eigenvalue weighted by Crippen LogP contribution is 2.28. The molecule has 7 heteroatoms. The molecule has 1 saturated carbocycles. The molecule has 1 aromatic rings. The Kier molecular flexibility index (Phi) is 9.24. The third-order valence-electron chi connectivity index (χ3n) is 5.72. The Morgan fingerprint density at radius 2 is 2.00 bits per heavy atom. The van der Waals surface area contributed by atoms with Crippen LogP contribution in [0.25, 0.3) is 0 Å². The number of ether oxygens (including phenoxy) is 3. The Labute approximate surface area is 181 Å². The van der Waals surface area contributed by atoms with Crippen molar-refractivity contribution in [2.24, 2.45) is 10.9 Å². The van der Waals surface area contributed by atoms with E-state index in [0.717, 1.165) is 70.2 Å². The Balaban J connectivity index is 1.64. The molecule has 1 N–H and O–H groups in total. The lowest BCUT2D eigenvalue weighted by Crippen LogP contribution is -2.43. The summed E-state index contributed by atoms with van der Waals surface area (Å²) < 4.78 is 16.7. The van der Waals surface area contributed by atoms with Gasteiger partial charge in [0.2, 0.25) is 0 Å². The molecule has 0 radical (unpaired) electrons. The monoisotopic (exact) mass is 418 g/mol. The molecule has 168 valence electrons. The lowest BCUT2D eigenvalue weighted by Gasteiger charge is -2.34. The van der Waals surface area contributed by atoms with Gasteiger partial charge in [-0.1, -0.05) is 12.1 Å². The summed E-state index contributed by atoms with van der Waals surface area (Å²) in [6, 6.07) is 8.57. The van der Waals surface area contributed by atoms with Gasteiger partial charge >= 0.3 is 0 Å². The standard InChI is InChI=1S/C23H38N4O3/c1-4-24-23(26(2)11-14-30-18-19-5-6-19)25-17-22(27-12-15-29-16-13-27)20-7-9-21(28-3)10-8-20/h7-10,19,22H,4-6,11-18H2,1-3H3,(H,24,25). The highest BCUT2D eigenvalue weighted by atomic mass is 16.5. The van der Waals surface area contributed by atoms with E-state index in [1.807, 2.05) is 12.1 Å². The van der Waals surface area contributed by atoms with Gasteiger partial charge < -0.3 is 24.4 Å². The third-order valence-corrected chi connectivity index (χ3v) is 5.72. The molecular formula is C23H38N4O3. The first-order chi connectivity index (χ1) is 14.7. The molecule has 0 bridgehead atoms. The SMILES string of the molecule is CCNC(=NCC(c1ccc(OC)cc1)N1CCOCC1)N(C)CCOCC1CC1. The van der Waals surface area contributed by atoms with Crippen molar-refractivity contribution >= 4 is 5.96 Å². The molecule has 1 aliphatic heterocycles. The van der Waals surface area contributed by atoms with Crippen molar-refractivity contribution in [1.82, 2.24) is 15.1 Å². The fraction of sp³-hybridized carbons (Fsp3) is 0.696. The summed E-state index contributed by atoms with van der Waals surface area (Å²) in [4.78, 5) is 9.63. The van der Waals surface area contributed by atoms with Crippen LogP contribution >= 0.6 is 0 Å². The molecule has 1 unspecified atom stereocenters. The fourth-order valence-corrected chi connectivity index (χ4v) is 3.63. The molecule has 2 aliphatic rings. The minimum atomic E-state index is 0.216. The number of hydrogen-bond acceptors (Lipinski definition) is 5. The molecule has 30 heavy (non-hydrogen) atoms. The summed E-state index contributed by atoms with van der Waals surface area (Å²) in [6.07, 6.45) is 2.66. The lowest BCUT2D eigenvalue weighted by atomic mass is 10.0. The molecule has 2 fully saturated rings. The topological polar surface area (TPSA) is 58.6 Å². The Morgan fingerprint density at radius 3 is 2.63 bits per heavy atom. The van der Waals surface area contributed by atoms with Gasteiger partial charge in [-0.15, -0.1) is 0 Å². The molecule has 1 aromatic carbocycles. The predicted octanol–water partition coefficient (Wildman–Crippen LogP) is 2.39. The number of hydrogen-bond donors (Lipinski definition) is 1. The van der Waals surface area contributed by atoms with Gasteiger partial charge in [0.1, 0.15) is 5.75 Å². The van der Waals surface area contributed by atoms with Gasteiger partial charge in [0, 0.05) is 39.8 Å². The lowest BCUT2D eigenvalue weighted by molar-refractivity contribution is 0.0179. The first kappa shape index (κ1) is 22.8. The van der Waals surface area contributed by atoms with E-state index in [4.69, 9.17) is 19.2 Å². The van der Waals surface area contributed by atoms with Crippen molar-refractivity contribution in [2.45, 2.75) is 25.8 Å². The van der Waals surface area contributed by atoms with Gasteiger partial charge in [-0.2, -0.15) is 0 Å². The second-order valence-corrected chi connectivity index (χ2v) is 8.07. The molecule has 1 atom stereocenters. The van der Waals surface area contributed by atoms with Gasteiger partial charge in [0.15, 0.2) is 5.96 Å². The van der Waals surface area contributed by atoms with E-state index in [-0.39, 0.29) is 6.04 Å². The van der Waals surface area contributed by atoms with Gasteiger partial charge in [-0.25, -0.2) is 0 Å². The highest BCUT2D eigenvalue weighted by Gasteiger charge is 2.23. The largest absolute Gasteiger partial charge is 0.497 e. The van der Waals surface area contributed by atoms with Gasteiger partial charge in [-0.3, -0.25) is 9.89 Å². The van der Waals surface area contributed by atoms with Crippen molar-refractivity contribution in [3.8, 4) is 5.75 Å². The van der Waals surface area contributed by atoms with Crippen molar-refractivity contribution < 1.29 is 14.2 Å². The number of benzene rings is 1. The number of likely N-dealkylation sites (N-methyl/N-ethyl adjacent to an activating group) is 1. The van der Waals surface area contributed by atoms with Crippen molar-refractivity contribution in [3.05, 3.63) is 29.8 Å². The molecule has 3 rings (SSSR count). The zero-order valence-electron chi connectivity index (χ0n) is 18.8. The molecular weight excluding hydrogens is 380 g/mol. The van der Waals surface area contributed by atoms with Crippen LogP contribution in [0.5, 0.6) is 5.75 Å². The first-order valence-corrected chi connectivity index (χ1v) is 11.2. The van der Waals surface area contributed by atoms with Crippen LogP contribution in [-0.4, -0.2) is 89.1 Å². The number of morpholine rings is 1. The molecule has 0 amide bonds. The molecule has 1 aliphatic carbocycles. The van der Waals surface area contributed by atoms with E-state index in [9.17, 15) is 0 Å². The van der Waals surface area contributed by atoms with Gasteiger partial charge in [0.05, 0.1) is 39.5 Å². The zero-order chi connectivity index (χ0) is 21.2. The maximum Gasteiger partial charge on any atom is 0.193 e. The van der Waals surface area contributed by atoms with Crippen molar-refractivity contribution in [1.29, 1.82) is 0 Å². The number of nitrogens with one attached hydrogen (secondary N) is 1. The van der Waals surface area contributed by atoms with E-state index < -0.39 is 0 Å². The summed E-state index contributed by atoms with van der Waals surface area (Å²) in [5, 5.41) is 3.43. The number of nitrogens with zero attached hydrogens (tertiary/aromatic N) is 3. The maximum absolute atomic E-state index is 5.81. The second-order valence-electron chi connectivity index (χ2n) is 8.07. The van der Waals surface area contributed by atoms with Crippen LogP contribution in [-0.2, 0) is 9.47 Å². The Hall–Kier alpha value is -1.83. The average Bonchev–Trinajstić information content (AvgIpc) is 3.61. The summed E-state index contributed by atoms with van der Waals surface area (Å²) in [7, 11) is 3.78. The van der Waals surface area contributed by atoms with E-state index in [1.54, 1.807) is 7.11 Å². The van der Waals surface area contributed by atoms with Crippen LogP contribution in [0.4, 0.5) is 0 Å². The molecule has 1 saturated heterocycles.